The van der Waals surface area contributed by atoms with Crippen LogP contribution in [0.15, 0.2) is 12.1 Å². The molecule has 5 heteroatoms. The van der Waals surface area contributed by atoms with E-state index in [1.807, 2.05) is 0 Å². The zero-order chi connectivity index (χ0) is 12.3. The van der Waals surface area contributed by atoms with Gasteiger partial charge in [0.1, 0.15) is 5.75 Å². The third kappa shape index (κ3) is 2.13. The molecule has 5 nitrogen and oxygen atoms in total. The van der Waals surface area contributed by atoms with Gasteiger partial charge in [0, 0.05) is 0 Å². The van der Waals surface area contributed by atoms with E-state index in [9.17, 15) is 9.59 Å². The van der Waals surface area contributed by atoms with Gasteiger partial charge in [-0.05, 0) is 24.1 Å². The van der Waals surface area contributed by atoms with Crippen LogP contribution >= 0.6 is 0 Å². The Bertz CT molecular complexity index is 436. The Morgan fingerprint density at radius 1 is 1.25 bits per heavy atom. The van der Waals surface area contributed by atoms with Crippen molar-refractivity contribution in [3.63, 3.8) is 0 Å². The van der Waals surface area contributed by atoms with Crippen molar-refractivity contribution in [3.05, 3.63) is 28.8 Å². The van der Waals surface area contributed by atoms with Gasteiger partial charge >= 0.3 is 11.9 Å². The molecule has 0 unspecified atom stereocenters. The minimum atomic E-state index is -1.27. The first kappa shape index (κ1) is 12.0. The summed E-state index contributed by atoms with van der Waals surface area (Å²) in [6.45, 7) is 1.76. The average Bonchev–Trinajstić information content (AvgIpc) is 2.26. The molecular formula is C11H12O5. The van der Waals surface area contributed by atoms with Gasteiger partial charge in [-0.1, -0.05) is 6.92 Å². The molecule has 0 saturated heterocycles. The molecule has 0 heterocycles. The van der Waals surface area contributed by atoms with Crippen LogP contribution in [-0.4, -0.2) is 29.3 Å². The summed E-state index contributed by atoms with van der Waals surface area (Å²) in [7, 11) is 1.40. The van der Waals surface area contributed by atoms with Gasteiger partial charge < -0.3 is 14.9 Å². The number of aromatic carboxylic acids is 2. The molecule has 0 aromatic heterocycles. The van der Waals surface area contributed by atoms with Gasteiger partial charge in [-0.15, -0.1) is 0 Å². The third-order valence-corrected chi connectivity index (χ3v) is 2.25. The SMILES string of the molecule is CCc1cc(OC)cc(C(=O)O)c1C(=O)O. The molecule has 16 heavy (non-hydrogen) atoms. The summed E-state index contributed by atoms with van der Waals surface area (Å²) in [6.07, 6.45) is 0.430. The molecule has 0 spiro atoms. The number of rotatable bonds is 4. The van der Waals surface area contributed by atoms with E-state index >= 15 is 0 Å². The van der Waals surface area contributed by atoms with Gasteiger partial charge in [0.05, 0.1) is 18.2 Å². The smallest absolute Gasteiger partial charge is 0.336 e. The molecule has 0 aliphatic heterocycles. The van der Waals surface area contributed by atoms with Gasteiger partial charge in [-0.3, -0.25) is 0 Å². The van der Waals surface area contributed by atoms with Gasteiger partial charge in [0.2, 0.25) is 0 Å². The van der Waals surface area contributed by atoms with Crippen LogP contribution in [0.5, 0.6) is 5.75 Å². The van der Waals surface area contributed by atoms with Crippen molar-refractivity contribution in [3.8, 4) is 5.75 Å². The maximum atomic E-state index is 11.0. The molecule has 1 aromatic rings. The minimum Gasteiger partial charge on any atom is -0.497 e. The van der Waals surface area contributed by atoms with E-state index in [4.69, 9.17) is 14.9 Å². The summed E-state index contributed by atoms with van der Waals surface area (Å²) >= 11 is 0. The van der Waals surface area contributed by atoms with Gasteiger partial charge in [0.25, 0.3) is 0 Å². The second kappa shape index (κ2) is 4.65. The molecule has 86 valence electrons. The first-order valence-electron chi connectivity index (χ1n) is 4.68. The highest BCUT2D eigenvalue weighted by atomic mass is 16.5. The standard InChI is InChI=1S/C11H12O5/c1-3-6-4-7(16-2)5-8(10(12)13)9(6)11(14)15/h4-5H,3H2,1-2H3,(H,12,13)(H,14,15). The molecule has 0 aliphatic rings. The largest absolute Gasteiger partial charge is 0.497 e. The van der Waals surface area contributed by atoms with Crippen LogP contribution in [0, 0.1) is 0 Å². The van der Waals surface area contributed by atoms with Crippen molar-refractivity contribution in [1.29, 1.82) is 0 Å². The topological polar surface area (TPSA) is 83.8 Å². The maximum absolute atomic E-state index is 11.0. The fraction of sp³-hybridized carbons (Fsp3) is 0.273. The normalized spacial score (nSPS) is 9.88. The number of carbonyl (C=O) groups is 2. The predicted octanol–water partition coefficient (Wildman–Crippen LogP) is 1.65. The lowest BCUT2D eigenvalue weighted by molar-refractivity contribution is 0.0650. The minimum absolute atomic E-state index is 0.171. The van der Waals surface area contributed by atoms with Crippen molar-refractivity contribution in [2.24, 2.45) is 0 Å². The van der Waals surface area contributed by atoms with E-state index in [1.165, 1.54) is 19.2 Å². The highest BCUT2D eigenvalue weighted by Crippen LogP contribution is 2.23. The zero-order valence-electron chi connectivity index (χ0n) is 8.98. The average molecular weight is 224 g/mol. The number of methoxy groups -OCH3 is 1. The summed E-state index contributed by atoms with van der Waals surface area (Å²) in [4.78, 5) is 21.9. The van der Waals surface area contributed by atoms with Gasteiger partial charge in [-0.25, -0.2) is 9.59 Å². The van der Waals surface area contributed by atoms with Crippen LogP contribution in [0.3, 0.4) is 0 Å². The first-order valence-corrected chi connectivity index (χ1v) is 4.68. The second-order valence-electron chi connectivity index (χ2n) is 3.17. The van der Waals surface area contributed by atoms with E-state index < -0.39 is 11.9 Å². The lowest BCUT2D eigenvalue weighted by Gasteiger charge is -2.10. The third-order valence-electron chi connectivity index (χ3n) is 2.25. The Labute approximate surface area is 92.3 Å². The molecule has 1 rings (SSSR count). The van der Waals surface area contributed by atoms with Crippen molar-refractivity contribution in [2.75, 3.05) is 7.11 Å². The van der Waals surface area contributed by atoms with Crippen molar-refractivity contribution >= 4 is 11.9 Å². The van der Waals surface area contributed by atoms with Gasteiger partial charge in [0.15, 0.2) is 0 Å². The number of aryl methyl sites for hydroxylation is 1. The molecule has 0 bridgehead atoms. The van der Waals surface area contributed by atoms with E-state index in [0.29, 0.717) is 17.7 Å². The molecule has 0 saturated carbocycles. The summed E-state index contributed by atoms with van der Waals surface area (Å²) in [5, 5.41) is 17.9. The number of carboxylic acid groups (broad SMARTS) is 2. The lowest BCUT2D eigenvalue weighted by atomic mass is 9.98. The van der Waals surface area contributed by atoms with Crippen LogP contribution in [0.2, 0.25) is 0 Å². The van der Waals surface area contributed by atoms with Crippen LogP contribution in [-0.2, 0) is 6.42 Å². The molecule has 0 amide bonds. The van der Waals surface area contributed by atoms with Crippen molar-refractivity contribution < 1.29 is 24.5 Å². The summed E-state index contributed by atoms with van der Waals surface area (Å²) in [5.74, 6) is -2.16. The maximum Gasteiger partial charge on any atom is 0.336 e. The number of hydrogen-bond donors (Lipinski definition) is 2. The second-order valence-corrected chi connectivity index (χ2v) is 3.17. The highest BCUT2D eigenvalue weighted by molar-refractivity contribution is 6.03. The van der Waals surface area contributed by atoms with Crippen molar-refractivity contribution in [2.45, 2.75) is 13.3 Å². The number of carboxylic acids is 2. The number of benzene rings is 1. The molecule has 2 N–H and O–H groups in total. The number of ether oxygens (including phenoxy) is 1. The number of hydrogen-bond acceptors (Lipinski definition) is 3. The Balaban J connectivity index is 3.53. The Hall–Kier alpha value is -2.04. The van der Waals surface area contributed by atoms with Gasteiger partial charge in [-0.2, -0.15) is 0 Å². The molecule has 0 atom stereocenters. The molecule has 0 radical (unpaired) electrons. The van der Waals surface area contributed by atoms with E-state index in [2.05, 4.69) is 0 Å². The van der Waals surface area contributed by atoms with E-state index in [0.717, 1.165) is 0 Å². The quantitative estimate of drug-likeness (QED) is 0.812. The van der Waals surface area contributed by atoms with Crippen LogP contribution in [0.1, 0.15) is 33.2 Å². The molecule has 0 fully saturated rings. The summed E-state index contributed by atoms with van der Waals surface area (Å²) in [5.41, 5.74) is 0.0313. The fourth-order valence-electron chi connectivity index (χ4n) is 1.49. The summed E-state index contributed by atoms with van der Waals surface area (Å²) < 4.78 is 4.93. The van der Waals surface area contributed by atoms with E-state index in [1.54, 1.807) is 6.92 Å². The fourth-order valence-corrected chi connectivity index (χ4v) is 1.49. The van der Waals surface area contributed by atoms with Crippen LogP contribution in [0.4, 0.5) is 0 Å². The Morgan fingerprint density at radius 2 is 1.88 bits per heavy atom. The zero-order valence-corrected chi connectivity index (χ0v) is 8.98. The predicted molar refractivity (Wildman–Crippen MR) is 56.3 cm³/mol. The van der Waals surface area contributed by atoms with E-state index in [-0.39, 0.29) is 11.1 Å². The molecular weight excluding hydrogens is 212 g/mol. The van der Waals surface area contributed by atoms with Crippen LogP contribution in [0.25, 0.3) is 0 Å². The monoisotopic (exact) mass is 224 g/mol. The Morgan fingerprint density at radius 3 is 2.25 bits per heavy atom. The first-order chi connectivity index (χ1) is 7.51. The molecule has 1 aromatic carbocycles. The van der Waals surface area contributed by atoms with Crippen LogP contribution < -0.4 is 4.74 Å². The lowest BCUT2D eigenvalue weighted by Crippen LogP contribution is -2.11. The summed E-state index contributed by atoms with van der Waals surface area (Å²) in [6, 6.07) is 2.75. The molecule has 0 aliphatic carbocycles. The van der Waals surface area contributed by atoms with Crippen molar-refractivity contribution in [1.82, 2.24) is 0 Å². The highest BCUT2D eigenvalue weighted by Gasteiger charge is 2.20. The Kier molecular flexibility index (Phi) is 3.50.